The summed E-state index contributed by atoms with van der Waals surface area (Å²) in [7, 11) is -3.30. The third-order valence-corrected chi connectivity index (χ3v) is 2.45. The summed E-state index contributed by atoms with van der Waals surface area (Å²) in [5.74, 6) is 0. The topological polar surface area (TPSA) is 108 Å². The van der Waals surface area contributed by atoms with Crippen molar-refractivity contribution in [3.63, 3.8) is 0 Å². The fraction of sp³-hybridized carbons (Fsp3) is 0.300. The average Bonchev–Trinajstić information content (AvgIpc) is 2.27. The molecule has 0 bridgehead atoms. The van der Waals surface area contributed by atoms with E-state index in [4.69, 9.17) is 5.11 Å². The highest BCUT2D eigenvalue weighted by molar-refractivity contribution is 7.92. The number of hydrogen-bond acceptors (Lipinski definition) is 4. The zero-order chi connectivity index (χ0) is 13.6. The van der Waals surface area contributed by atoms with Gasteiger partial charge in [-0.25, -0.2) is 13.2 Å². The average molecular weight is 273 g/mol. The molecule has 0 atom stereocenters. The summed E-state index contributed by atoms with van der Waals surface area (Å²) >= 11 is 0. The number of aliphatic hydroxyl groups is 1. The number of nitrogens with one attached hydrogen (secondary N) is 3. The number of carbonyl (C=O) groups excluding carboxylic acids is 1. The predicted molar refractivity (Wildman–Crippen MR) is 69.0 cm³/mol. The molecule has 100 valence electrons. The summed E-state index contributed by atoms with van der Waals surface area (Å²) < 4.78 is 24.2. The van der Waals surface area contributed by atoms with E-state index < -0.39 is 16.1 Å². The van der Waals surface area contributed by atoms with Gasteiger partial charge in [0, 0.05) is 17.9 Å². The van der Waals surface area contributed by atoms with Crippen molar-refractivity contribution < 1.29 is 18.3 Å². The van der Waals surface area contributed by atoms with Crippen LogP contribution in [0.15, 0.2) is 24.3 Å². The first-order valence-electron chi connectivity index (χ1n) is 5.14. The van der Waals surface area contributed by atoms with E-state index in [-0.39, 0.29) is 13.2 Å². The van der Waals surface area contributed by atoms with Crippen molar-refractivity contribution in [2.45, 2.75) is 0 Å². The molecule has 0 aliphatic rings. The minimum absolute atomic E-state index is 0.134. The molecule has 0 aliphatic heterocycles. The lowest BCUT2D eigenvalue weighted by Gasteiger charge is -2.08. The number of sulfonamides is 1. The summed E-state index contributed by atoms with van der Waals surface area (Å²) in [6.07, 6.45) is 1.06. The van der Waals surface area contributed by atoms with Crippen molar-refractivity contribution in [2.75, 3.05) is 29.4 Å². The van der Waals surface area contributed by atoms with E-state index in [2.05, 4.69) is 15.4 Å². The van der Waals surface area contributed by atoms with Gasteiger partial charge in [0.25, 0.3) is 0 Å². The molecular weight excluding hydrogens is 258 g/mol. The highest BCUT2D eigenvalue weighted by Gasteiger charge is 2.03. The fourth-order valence-corrected chi connectivity index (χ4v) is 1.74. The number of benzene rings is 1. The largest absolute Gasteiger partial charge is 0.395 e. The van der Waals surface area contributed by atoms with Gasteiger partial charge in [0.05, 0.1) is 12.9 Å². The Morgan fingerprint density at radius 3 is 2.28 bits per heavy atom. The van der Waals surface area contributed by atoms with Gasteiger partial charge in [0.2, 0.25) is 10.0 Å². The van der Waals surface area contributed by atoms with Crippen LogP contribution in [0.25, 0.3) is 0 Å². The lowest BCUT2D eigenvalue weighted by Crippen LogP contribution is -2.30. The van der Waals surface area contributed by atoms with Gasteiger partial charge < -0.3 is 15.7 Å². The molecule has 8 heteroatoms. The maximum Gasteiger partial charge on any atom is 0.319 e. The van der Waals surface area contributed by atoms with E-state index in [9.17, 15) is 13.2 Å². The van der Waals surface area contributed by atoms with Crippen LogP contribution < -0.4 is 15.4 Å². The maximum absolute atomic E-state index is 11.2. The molecule has 0 radical (unpaired) electrons. The van der Waals surface area contributed by atoms with Gasteiger partial charge in [-0.05, 0) is 24.3 Å². The Labute approximate surface area is 105 Å². The summed E-state index contributed by atoms with van der Waals surface area (Å²) in [6, 6.07) is 5.75. The van der Waals surface area contributed by atoms with Gasteiger partial charge in [-0.2, -0.15) is 0 Å². The van der Waals surface area contributed by atoms with Crippen LogP contribution in [0.1, 0.15) is 0 Å². The molecule has 7 nitrogen and oxygen atoms in total. The van der Waals surface area contributed by atoms with Crippen molar-refractivity contribution in [2.24, 2.45) is 0 Å². The quantitative estimate of drug-likeness (QED) is 0.613. The lowest BCUT2D eigenvalue weighted by molar-refractivity contribution is 0.245. The van der Waals surface area contributed by atoms with Crippen LogP contribution >= 0.6 is 0 Å². The minimum Gasteiger partial charge on any atom is -0.395 e. The number of rotatable bonds is 5. The summed E-state index contributed by atoms with van der Waals surface area (Å²) in [5, 5.41) is 13.5. The van der Waals surface area contributed by atoms with Crippen LogP contribution in [0.3, 0.4) is 0 Å². The van der Waals surface area contributed by atoms with Crippen molar-refractivity contribution in [1.82, 2.24) is 5.32 Å². The van der Waals surface area contributed by atoms with E-state index in [1.807, 2.05) is 0 Å². The molecule has 0 heterocycles. The molecule has 0 fully saturated rings. The fourth-order valence-electron chi connectivity index (χ4n) is 1.18. The summed E-state index contributed by atoms with van der Waals surface area (Å²) in [6.45, 7) is 0.0319. The van der Waals surface area contributed by atoms with Crippen molar-refractivity contribution in [3.8, 4) is 0 Å². The van der Waals surface area contributed by atoms with Crippen molar-refractivity contribution in [3.05, 3.63) is 24.3 Å². The number of amides is 2. The molecule has 18 heavy (non-hydrogen) atoms. The van der Waals surface area contributed by atoms with E-state index in [1.165, 1.54) is 12.1 Å². The Kier molecular flexibility index (Phi) is 4.93. The van der Waals surface area contributed by atoms with Crippen LogP contribution in [-0.2, 0) is 10.0 Å². The molecule has 4 N–H and O–H groups in total. The molecule has 1 aromatic rings. The van der Waals surface area contributed by atoms with Crippen LogP contribution in [-0.4, -0.2) is 39.0 Å². The van der Waals surface area contributed by atoms with Crippen LogP contribution in [0.4, 0.5) is 16.2 Å². The van der Waals surface area contributed by atoms with E-state index in [0.717, 1.165) is 6.26 Å². The van der Waals surface area contributed by atoms with Gasteiger partial charge >= 0.3 is 6.03 Å². The van der Waals surface area contributed by atoms with Crippen molar-refractivity contribution in [1.29, 1.82) is 0 Å². The highest BCUT2D eigenvalue weighted by atomic mass is 32.2. The Bertz CT molecular complexity index is 498. The SMILES string of the molecule is CS(=O)(=O)Nc1ccc(NC(=O)NCCO)cc1. The van der Waals surface area contributed by atoms with Crippen LogP contribution in [0.5, 0.6) is 0 Å². The highest BCUT2D eigenvalue weighted by Crippen LogP contribution is 2.14. The predicted octanol–water partition coefficient (Wildman–Crippen LogP) is 0.172. The van der Waals surface area contributed by atoms with Crippen LogP contribution in [0.2, 0.25) is 0 Å². The first-order chi connectivity index (χ1) is 8.40. The van der Waals surface area contributed by atoms with Gasteiger partial charge in [-0.15, -0.1) is 0 Å². The number of hydrogen-bond donors (Lipinski definition) is 4. The summed E-state index contributed by atoms with van der Waals surface area (Å²) in [5.41, 5.74) is 0.934. The van der Waals surface area contributed by atoms with Gasteiger partial charge in [0.1, 0.15) is 0 Å². The number of anilines is 2. The first-order valence-corrected chi connectivity index (χ1v) is 7.03. The van der Waals surface area contributed by atoms with Gasteiger partial charge in [-0.1, -0.05) is 0 Å². The summed E-state index contributed by atoms with van der Waals surface area (Å²) in [4.78, 5) is 11.2. The van der Waals surface area contributed by atoms with Crippen LogP contribution in [0, 0.1) is 0 Å². The Morgan fingerprint density at radius 1 is 1.22 bits per heavy atom. The Balaban J connectivity index is 2.58. The second-order valence-corrected chi connectivity index (χ2v) is 5.30. The smallest absolute Gasteiger partial charge is 0.319 e. The third kappa shape index (κ3) is 5.51. The molecule has 0 saturated heterocycles. The third-order valence-electron chi connectivity index (χ3n) is 1.84. The lowest BCUT2D eigenvalue weighted by atomic mass is 10.3. The Hall–Kier alpha value is -1.80. The number of carbonyl (C=O) groups is 1. The molecular formula is C10H15N3O4S. The van der Waals surface area contributed by atoms with Gasteiger partial charge in [0.15, 0.2) is 0 Å². The standard InChI is InChI=1S/C10H15N3O4S/c1-18(16,17)13-9-4-2-8(3-5-9)12-10(15)11-6-7-14/h2-5,13-14H,6-7H2,1H3,(H2,11,12,15). The molecule has 1 rings (SSSR count). The molecule has 0 aromatic heterocycles. The Morgan fingerprint density at radius 2 is 1.78 bits per heavy atom. The first kappa shape index (κ1) is 14.3. The van der Waals surface area contributed by atoms with Gasteiger partial charge in [-0.3, -0.25) is 4.72 Å². The van der Waals surface area contributed by atoms with E-state index in [0.29, 0.717) is 11.4 Å². The normalized spacial score (nSPS) is 10.8. The number of aliphatic hydroxyl groups excluding tert-OH is 1. The molecule has 0 saturated carbocycles. The molecule has 0 spiro atoms. The maximum atomic E-state index is 11.2. The zero-order valence-corrected chi connectivity index (χ0v) is 10.6. The molecule has 0 unspecified atom stereocenters. The molecule has 2 amide bonds. The number of urea groups is 1. The zero-order valence-electron chi connectivity index (χ0n) is 9.80. The second kappa shape index (κ2) is 6.22. The molecule has 0 aliphatic carbocycles. The monoisotopic (exact) mass is 273 g/mol. The second-order valence-electron chi connectivity index (χ2n) is 3.56. The van der Waals surface area contributed by atoms with E-state index >= 15 is 0 Å². The van der Waals surface area contributed by atoms with Crippen molar-refractivity contribution >= 4 is 27.4 Å². The van der Waals surface area contributed by atoms with E-state index in [1.54, 1.807) is 12.1 Å². The molecule has 1 aromatic carbocycles. The minimum atomic E-state index is -3.30.